The number of hydrogen-bond donors (Lipinski definition) is 1. The van der Waals surface area contributed by atoms with E-state index in [0.29, 0.717) is 38.5 Å². The summed E-state index contributed by atoms with van der Waals surface area (Å²) in [7, 11) is 1.54. The monoisotopic (exact) mass is 357 g/mol. The molecular formula is C19H16ClNO4. The highest BCUT2D eigenvalue weighted by molar-refractivity contribution is 6.34. The molecule has 1 heterocycles. The molecule has 128 valence electrons. The van der Waals surface area contributed by atoms with Crippen LogP contribution in [0.1, 0.15) is 21.6 Å². The number of rotatable bonds is 4. The van der Waals surface area contributed by atoms with E-state index in [2.05, 4.69) is 0 Å². The lowest BCUT2D eigenvalue weighted by Gasteiger charge is -2.09. The van der Waals surface area contributed by atoms with Crippen molar-refractivity contribution in [2.45, 2.75) is 13.3 Å². The summed E-state index contributed by atoms with van der Waals surface area (Å²) in [6, 6.07) is 12.0. The summed E-state index contributed by atoms with van der Waals surface area (Å²) in [6.45, 7) is 1.74. The van der Waals surface area contributed by atoms with Crippen LogP contribution in [0.15, 0.2) is 42.5 Å². The van der Waals surface area contributed by atoms with Gasteiger partial charge in [0.2, 0.25) is 0 Å². The molecule has 0 amide bonds. The lowest BCUT2D eigenvalue weighted by Crippen LogP contribution is -2.14. The number of aromatic nitrogens is 1. The van der Waals surface area contributed by atoms with Crippen LogP contribution in [0.5, 0.6) is 5.75 Å². The number of nitrogens with zero attached hydrogens (tertiary/aromatic N) is 1. The predicted molar refractivity (Wildman–Crippen MR) is 95.7 cm³/mol. The van der Waals surface area contributed by atoms with Gasteiger partial charge in [-0.05, 0) is 36.8 Å². The van der Waals surface area contributed by atoms with Crippen molar-refractivity contribution in [1.82, 2.24) is 4.57 Å². The largest absolute Gasteiger partial charge is 0.497 e. The van der Waals surface area contributed by atoms with Crippen LogP contribution >= 0.6 is 11.6 Å². The van der Waals surface area contributed by atoms with Crippen LogP contribution in [0.2, 0.25) is 5.02 Å². The molecule has 0 saturated carbocycles. The summed E-state index contributed by atoms with van der Waals surface area (Å²) in [6.07, 6.45) is -0.169. The predicted octanol–water partition coefficient (Wildman–Crippen LogP) is 3.93. The maximum Gasteiger partial charge on any atom is 0.307 e. The quantitative estimate of drug-likeness (QED) is 0.768. The minimum Gasteiger partial charge on any atom is -0.497 e. The maximum atomic E-state index is 13.1. The molecule has 0 unspecified atom stereocenters. The zero-order valence-electron chi connectivity index (χ0n) is 13.7. The molecule has 0 saturated heterocycles. The Kier molecular flexibility index (Phi) is 4.51. The number of methoxy groups -OCH3 is 1. The Morgan fingerprint density at radius 2 is 1.92 bits per heavy atom. The third kappa shape index (κ3) is 2.98. The molecule has 3 rings (SSSR count). The summed E-state index contributed by atoms with van der Waals surface area (Å²) < 4.78 is 6.75. The van der Waals surface area contributed by atoms with Crippen molar-refractivity contribution in [3.8, 4) is 5.75 Å². The number of halogens is 1. The fourth-order valence-corrected chi connectivity index (χ4v) is 3.20. The topological polar surface area (TPSA) is 68.5 Å². The first-order valence-electron chi connectivity index (χ1n) is 7.63. The number of fused-ring (bicyclic) bond motifs is 1. The summed E-state index contributed by atoms with van der Waals surface area (Å²) in [5, 5.41) is 10.3. The molecule has 0 aliphatic heterocycles. The van der Waals surface area contributed by atoms with Crippen LogP contribution < -0.4 is 4.74 Å². The van der Waals surface area contributed by atoms with Gasteiger partial charge in [0.1, 0.15) is 5.75 Å². The summed E-state index contributed by atoms with van der Waals surface area (Å²) >= 11 is 6.17. The van der Waals surface area contributed by atoms with E-state index in [-0.39, 0.29) is 12.3 Å². The molecule has 6 heteroatoms. The standard InChI is InChI=1S/C19H16ClNO4/c1-11-15(10-18(22)23)13-8-7-12(25-2)9-17(13)21(11)19(24)14-5-3-4-6-16(14)20/h3-9H,10H2,1-2H3,(H,22,23). The molecule has 2 aromatic carbocycles. The van der Waals surface area contributed by atoms with Crippen molar-refractivity contribution in [1.29, 1.82) is 0 Å². The van der Waals surface area contributed by atoms with Crippen LogP contribution in [0.3, 0.4) is 0 Å². The highest BCUT2D eigenvalue weighted by atomic mass is 35.5. The Labute approximate surface area is 149 Å². The Morgan fingerprint density at radius 3 is 2.56 bits per heavy atom. The van der Waals surface area contributed by atoms with Gasteiger partial charge in [0, 0.05) is 17.1 Å². The third-order valence-electron chi connectivity index (χ3n) is 4.18. The minimum atomic E-state index is -0.955. The number of ether oxygens (including phenoxy) is 1. The van der Waals surface area contributed by atoms with E-state index in [1.807, 2.05) is 0 Å². The van der Waals surface area contributed by atoms with Crippen molar-refractivity contribution in [3.63, 3.8) is 0 Å². The van der Waals surface area contributed by atoms with Gasteiger partial charge in [-0.3, -0.25) is 14.2 Å². The molecule has 25 heavy (non-hydrogen) atoms. The number of carboxylic acid groups (broad SMARTS) is 1. The average Bonchev–Trinajstić information content (AvgIpc) is 2.85. The molecule has 0 aliphatic carbocycles. The highest BCUT2D eigenvalue weighted by Gasteiger charge is 2.22. The van der Waals surface area contributed by atoms with Crippen molar-refractivity contribution in [2.75, 3.05) is 7.11 Å². The van der Waals surface area contributed by atoms with E-state index < -0.39 is 5.97 Å². The SMILES string of the molecule is COc1ccc2c(CC(=O)O)c(C)n(C(=O)c3ccccc3Cl)c2c1. The zero-order chi connectivity index (χ0) is 18.1. The number of carbonyl (C=O) groups is 2. The molecule has 1 N–H and O–H groups in total. The fourth-order valence-electron chi connectivity index (χ4n) is 2.98. The van der Waals surface area contributed by atoms with Gasteiger partial charge in [-0.15, -0.1) is 0 Å². The van der Waals surface area contributed by atoms with E-state index in [4.69, 9.17) is 16.3 Å². The van der Waals surface area contributed by atoms with Crippen LogP contribution in [0, 0.1) is 6.92 Å². The number of hydrogen-bond acceptors (Lipinski definition) is 3. The Morgan fingerprint density at radius 1 is 1.20 bits per heavy atom. The van der Waals surface area contributed by atoms with Gasteiger partial charge < -0.3 is 9.84 Å². The molecular weight excluding hydrogens is 342 g/mol. The number of aliphatic carboxylic acids is 1. The van der Waals surface area contributed by atoms with Gasteiger partial charge >= 0.3 is 5.97 Å². The molecule has 5 nitrogen and oxygen atoms in total. The molecule has 0 fully saturated rings. The van der Waals surface area contributed by atoms with Crippen LogP contribution in [-0.4, -0.2) is 28.7 Å². The zero-order valence-corrected chi connectivity index (χ0v) is 14.5. The fraction of sp³-hybridized carbons (Fsp3) is 0.158. The van der Waals surface area contributed by atoms with Crippen LogP contribution in [0.4, 0.5) is 0 Å². The lowest BCUT2D eigenvalue weighted by molar-refractivity contribution is -0.136. The van der Waals surface area contributed by atoms with E-state index in [1.165, 1.54) is 11.7 Å². The first-order valence-corrected chi connectivity index (χ1v) is 8.00. The van der Waals surface area contributed by atoms with Gasteiger partial charge in [0.15, 0.2) is 0 Å². The Balaban J connectivity index is 2.29. The van der Waals surface area contributed by atoms with E-state index in [0.717, 1.165) is 0 Å². The van der Waals surface area contributed by atoms with Gasteiger partial charge in [-0.25, -0.2) is 0 Å². The molecule has 0 aliphatic rings. The summed E-state index contributed by atoms with van der Waals surface area (Å²) in [5.41, 5.74) is 2.13. The van der Waals surface area contributed by atoms with E-state index in [9.17, 15) is 14.7 Å². The molecule has 0 atom stereocenters. The Bertz CT molecular complexity index is 990. The summed E-state index contributed by atoms with van der Waals surface area (Å²) in [5.74, 6) is -0.679. The second-order valence-corrected chi connectivity index (χ2v) is 6.05. The average molecular weight is 358 g/mol. The number of benzene rings is 2. The molecule has 0 bridgehead atoms. The highest BCUT2D eigenvalue weighted by Crippen LogP contribution is 2.31. The number of carbonyl (C=O) groups excluding carboxylic acids is 1. The second kappa shape index (κ2) is 6.61. The first kappa shape index (κ1) is 17.0. The van der Waals surface area contributed by atoms with Crippen molar-refractivity contribution in [2.24, 2.45) is 0 Å². The second-order valence-electron chi connectivity index (χ2n) is 5.64. The summed E-state index contributed by atoms with van der Waals surface area (Å²) in [4.78, 5) is 24.3. The van der Waals surface area contributed by atoms with Crippen molar-refractivity contribution in [3.05, 3.63) is 64.3 Å². The first-order chi connectivity index (χ1) is 11.9. The van der Waals surface area contributed by atoms with Gasteiger partial charge in [-0.1, -0.05) is 23.7 Å². The Hall–Kier alpha value is -2.79. The molecule has 0 spiro atoms. The number of carboxylic acids is 1. The van der Waals surface area contributed by atoms with Gasteiger partial charge in [0.25, 0.3) is 5.91 Å². The lowest BCUT2D eigenvalue weighted by atomic mass is 10.1. The van der Waals surface area contributed by atoms with Crippen molar-refractivity contribution >= 4 is 34.4 Å². The normalized spacial score (nSPS) is 10.8. The maximum absolute atomic E-state index is 13.1. The smallest absolute Gasteiger partial charge is 0.307 e. The van der Waals surface area contributed by atoms with Gasteiger partial charge in [0.05, 0.1) is 29.6 Å². The third-order valence-corrected chi connectivity index (χ3v) is 4.51. The van der Waals surface area contributed by atoms with E-state index >= 15 is 0 Å². The van der Waals surface area contributed by atoms with Crippen LogP contribution in [0.25, 0.3) is 10.9 Å². The van der Waals surface area contributed by atoms with Crippen LogP contribution in [-0.2, 0) is 11.2 Å². The molecule has 1 aromatic heterocycles. The minimum absolute atomic E-state index is 0.169. The van der Waals surface area contributed by atoms with Gasteiger partial charge in [-0.2, -0.15) is 0 Å². The molecule has 0 radical (unpaired) electrons. The molecule has 3 aromatic rings. The van der Waals surface area contributed by atoms with E-state index in [1.54, 1.807) is 49.4 Å². The van der Waals surface area contributed by atoms with Crippen molar-refractivity contribution < 1.29 is 19.4 Å².